The van der Waals surface area contributed by atoms with Gasteiger partial charge in [-0.3, -0.25) is 4.99 Å². The van der Waals surface area contributed by atoms with Gasteiger partial charge in [-0.1, -0.05) is 19.0 Å². The molecule has 1 aliphatic heterocycles. The van der Waals surface area contributed by atoms with Gasteiger partial charge < -0.3 is 19.6 Å². The van der Waals surface area contributed by atoms with Crippen LogP contribution in [0.3, 0.4) is 0 Å². The molecule has 160 valence electrons. The number of unbranched alkanes of at least 4 members (excludes halogenated alkanes) is 1. The molecule has 1 aromatic heterocycles. The van der Waals surface area contributed by atoms with E-state index in [9.17, 15) is 8.42 Å². The Balaban J connectivity index is 1.73. The number of piperazine rings is 1. The van der Waals surface area contributed by atoms with E-state index in [0.29, 0.717) is 31.9 Å². The van der Waals surface area contributed by atoms with E-state index in [4.69, 9.17) is 4.52 Å². The lowest BCUT2D eigenvalue weighted by Gasteiger charge is -2.35. The third kappa shape index (κ3) is 6.75. The second-order valence-corrected chi connectivity index (χ2v) is 8.81. The molecule has 28 heavy (non-hydrogen) atoms. The Morgan fingerprint density at radius 1 is 1.25 bits per heavy atom. The van der Waals surface area contributed by atoms with Crippen LogP contribution in [0.25, 0.3) is 0 Å². The van der Waals surface area contributed by atoms with Crippen LogP contribution in [0.4, 0.5) is 0 Å². The minimum Gasteiger partial charge on any atom is -0.364 e. The predicted octanol–water partition coefficient (Wildman–Crippen LogP) is 0.819. The smallest absolute Gasteiger partial charge is 0.220 e. The van der Waals surface area contributed by atoms with Crippen LogP contribution < -0.4 is 5.32 Å². The van der Waals surface area contributed by atoms with Crippen molar-refractivity contribution in [1.29, 1.82) is 0 Å². The summed E-state index contributed by atoms with van der Waals surface area (Å²) in [5.41, 5.74) is 0.435. The molecule has 0 aromatic carbocycles. The number of aromatic nitrogens is 1. The van der Waals surface area contributed by atoms with E-state index in [0.717, 1.165) is 45.0 Å². The molecule has 0 amide bonds. The van der Waals surface area contributed by atoms with Crippen molar-refractivity contribution in [1.82, 2.24) is 24.6 Å². The number of sulfonamides is 1. The highest BCUT2D eigenvalue weighted by atomic mass is 32.2. The summed E-state index contributed by atoms with van der Waals surface area (Å²) in [5, 5.41) is 7.11. The fourth-order valence-electron chi connectivity index (χ4n) is 3.30. The van der Waals surface area contributed by atoms with Crippen LogP contribution in [0.15, 0.2) is 21.8 Å². The maximum atomic E-state index is 12.5. The summed E-state index contributed by atoms with van der Waals surface area (Å²) < 4.78 is 31.3. The Labute approximate surface area is 168 Å². The fraction of sp³-hybridized carbons (Fsp3) is 0.778. The normalized spacial score (nSPS) is 16.7. The molecule has 0 bridgehead atoms. The van der Waals surface area contributed by atoms with Crippen LogP contribution in [0.2, 0.25) is 0 Å². The van der Waals surface area contributed by atoms with Crippen molar-refractivity contribution in [2.75, 3.05) is 59.4 Å². The second-order valence-electron chi connectivity index (χ2n) is 6.84. The Morgan fingerprint density at radius 3 is 2.54 bits per heavy atom. The first-order valence-electron chi connectivity index (χ1n) is 10.0. The van der Waals surface area contributed by atoms with E-state index in [1.54, 1.807) is 13.1 Å². The van der Waals surface area contributed by atoms with Gasteiger partial charge in [-0.05, 0) is 32.5 Å². The Morgan fingerprint density at radius 2 is 1.96 bits per heavy atom. The molecule has 1 fully saturated rings. The number of guanidine groups is 1. The summed E-state index contributed by atoms with van der Waals surface area (Å²) in [6.45, 7) is 10.7. The summed E-state index contributed by atoms with van der Waals surface area (Å²) in [5.74, 6) is 0.722. The van der Waals surface area contributed by atoms with E-state index in [-0.39, 0.29) is 5.75 Å². The molecule has 0 spiro atoms. The molecule has 0 atom stereocenters. The number of hydrogen-bond acceptors (Lipinski definition) is 6. The van der Waals surface area contributed by atoms with Gasteiger partial charge in [0.1, 0.15) is 12.0 Å². The first-order chi connectivity index (χ1) is 13.5. The second kappa shape index (κ2) is 11.4. The summed E-state index contributed by atoms with van der Waals surface area (Å²) in [6.07, 6.45) is 3.63. The molecule has 2 rings (SSSR count). The lowest BCUT2D eigenvalue weighted by atomic mass is 10.3. The lowest BCUT2D eigenvalue weighted by Crippen LogP contribution is -2.54. The largest absolute Gasteiger partial charge is 0.364 e. The standard InChI is InChI=1S/C18H34N6O3S/c1-4-22(5-2)10-7-6-9-20-18(19-3)23-11-13-24(14-12-23)28(25,26)16-17-8-15-27-21-17/h8,15H,4-7,9-14,16H2,1-3H3,(H,19,20). The summed E-state index contributed by atoms with van der Waals surface area (Å²) in [6, 6.07) is 1.58. The molecule has 2 heterocycles. The molecular formula is C18H34N6O3S. The van der Waals surface area contributed by atoms with E-state index in [2.05, 4.69) is 39.1 Å². The van der Waals surface area contributed by atoms with Gasteiger partial charge in [0.2, 0.25) is 10.0 Å². The Hall–Kier alpha value is -1.65. The SMILES string of the molecule is CCN(CC)CCCCNC(=NC)N1CCN(S(=O)(=O)Cc2ccon2)CC1. The number of nitrogens with one attached hydrogen (secondary N) is 1. The molecule has 9 nitrogen and oxygen atoms in total. The van der Waals surface area contributed by atoms with Crippen molar-refractivity contribution in [3.63, 3.8) is 0 Å². The highest BCUT2D eigenvalue weighted by Gasteiger charge is 2.28. The quantitative estimate of drug-likeness (QED) is 0.344. The molecule has 1 aliphatic rings. The highest BCUT2D eigenvalue weighted by molar-refractivity contribution is 7.88. The first-order valence-corrected chi connectivity index (χ1v) is 11.7. The number of rotatable bonds is 10. The Kier molecular flexibility index (Phi) is 9.20. The summed E-state index contributed by atoms with van der Waals surface area (Å²) in [4.78, 5) is 8.90. The molecule has 1 aromatic rings. The third-order valence-corrected chi connectivity index (χ3v) is 6.86. The van der Waals surface area contributed by atoms with Gasteiger partial charge in [0.25, 0.3) is 0 Å². The Bertz CT molecular complexity index is 680. The van der Waals surface area contributed by atoms with Gasteiger partial charge in [0.15, 0.2) is 5.96 Å². The molecule has 1 saturated heterocycles. The van der Waals surface area contributed by atoms with Crippen LogP contribution in [0.1, 0.15) is 32.4 Å². The van der Waals surface area contributed by atoms with Crippen LogP contribution in [-0.2, 0) is 15.8 Å². The van der Waals surface area contributed by atoms with Crippen molar-refractivity contribution >= 4 is 16.0 Å². The minimum absolute atomic E-state index is 0.122. The van der Waals surface area contributed by atoms with Gasteiger partial charge in [-0.2, -0.15) is 4.31 Å². The van der Waals surface area contributed by atoms with E-state index in [1.807, 2.05) is 0 Å². The van der Waals surface area contributed by atoms with Crippen molar-refractivity contribution in [3.8, 4) is 0 Å². The van der Waals surface area contributed by atoms with E-state index >= 15 is 0 Å². The molecule has 0 unspecified atom stereocenters. The zero-order valence-electron chi connectivity index (χ0n) is 17.3. The van der Waals surface area contributed by atoms with Crippen molar-refractivity contribution in [2.45, 2.75) is 32.4 Å². The van der Waals surface area contributed by atoms with E-state index in [1.165, 1.54) is 10.6 Å². The topological polar surface area (TPSA) is 94.3 Å². The summed E-state index contributed by atoms with van der Waals surface area (Å²) >= 11 is 0. The average molecular weight is 415 g/mol. The van der Waals surface area contributed by atoms with E-state index < -0.39 is 10.0 Å². The van der Waals surface area contributed by atoms with Crippen LogP contribution in [-0.4, -0.2) is 93.0 Å². The minimum atomic E-state index is -3.38. The summed E-state index contributed by atoms with van der Waals surface area (Å²) in [7, 11) is -1.61. The number of nitrogens with zero attached hydrogens (tertiary/aromatic N) is 5. The van der Waals surface area contributed by atoms with Crippen LogP contribution >= 0.6 is 0 Å². The molecule has 0 saturated carbocycles. The monoisotopic (exact) mass is 414 g/mol. The average Bonchev–Trinajstić information content (AvgIpc) is 3.20. The maximum absolute atomic E-state index is 12.5. The van der Waals surface area contributed by atoms with Crippen molar-refractivity contribution in [3.05, 3.63) is 18.0 Å². The van der Waals surface area contributed by atoms with Gasteiger partial charge in [-0.25, -0.2) is 8.42 Å². The number of hydrogen-bond donors (Lipinski definition) is 1. The third-order valence-electron chi connectivity index (χ3n) is 5.04. The fourth-order valence-corrected chi connectivity index (χ4v) is 4.73. The predicted molar refractivity (Wildman–Crippen MR) is 111 cm³/mol. The highest BCUT2D eigenvalue weighted by Crippen LogP contribution is 2.12. The number of aliphatic imine (C=N–C) groups is 1. The van der Waals surface area contributed by atoms with Gasteiger partial charge in [0, 0.05) is 45.8 Å². The van der Waals surface area contributed by atoms with Crippen LogP contribution in [0, 0.1) is 0 Å². The van der Waals surface area contributed by atoms with Crippen molar-refractivity contribution < 1.29 is 12.9 Å². The van der Waals surface area contributed by atoms with Gasteiger partial charge in [-0.15, -0.1) is 0 Å². The van der Waals surface area contributed by atoms with Gasteiger partial charge in [0.05, 0.1) is 5.69 Å². The molecule has 1 N–H and O–H groups in total. The van der Waals surface area contributed by atoms with Gasteiger partial charge >= 0.3 is 0 Å². The van der Waals surface area contributed by atoms with Crippen LogP contribution in [0.5, 0.6) is 0 Å². The maximum Gasteiger partial charge on any atom is 0.220 e. The first kappa shape index (κ1) is 22.6. The molecule has 10 heteroatoms. The molecular weight excluding hydrogens is 380 g/mol. The zero-order chi connectivity index (χ0) is 20.4. The lowest BCUT2D eigenvalue weighted by molar-refractivity contribution is 0.259. The van der Waals surface area contributed by atoms with Crippen molar-refractivity contribution in [2.24, 2.45) is 4.99 Å². The molecule has 0 radical (unpaired) electrons. The molecule has 0 aliphatic carbocycles. The zero-order valence-corrected chi connectivity index (χ0v) is 18.1.